The van der Waals surface area contributed by atoms with Gasteiger partial charge in [-0.15, -0.1) is 21.5 Å². The van der Waals surface area contributed by atoms with Crippen LogP contribution in [0, 0.1) is 0 Å². The first kappa shape index (κ1) is 13.9. The molecule has 0 saturated heterocycles. The topological polar surface area (TPSA) is 64.9 Å². The average Bonchev–Trinajstić information content (AvgIpc) is 3.05. The molecule has 0 spiro atoms. The lowest BCUT2D eigenvalue weighted by atomic mass is 10.1. The zero-order valence-corrected chi connectivity index (χ0v) is 14.1. The summed E-state index contributed by atoms with van der Waals surface area (Å²) in [4.78, 5) is 0. The Balaban J connectivity index is 1.93. The Labute approximate surface area is 136 Å². The van der Waals surface area contributed by atoms with Gasteiger partial charge in [-0.1, -0.05) is 30.3 Å². The van der Waals surface area contributed by atoms with E-state index in [4.69, 9.17) is 10.2 Å². The fourth-order valence-electron chi connectivity index (χ4n) is 1.76. The van der Waals surface area contributed by atoms with Gasteiger partial charge >= 0.3 is 0 Å². The van der Waals surface area contributed by atoms with E-state index in [2.05, 4.69) is 42.1 Å². The van der Waals surface area contributed by atoms with Crippen molar-refractivity contribution in [2.45, 2.75) is 6.04 Å². The largest absolute Gasteiger partial charge is 0.419 e. The molecule has 0 bridgehead atoms. The highest BCUT2D eigenvalue weighted by Gasteiger charge is 2.19. The lowest BCUT2D eigenvalue weighted by molar-refractivity contribution is 0.484. The second-order valence-electron chi connectivity index (χ2n) is 4.07. The number of thiophene rings is 1. The van der Waals surface area contributed by atoms with E-state index in [1.807, 2.05) is 36.4 Å². The first-order chi connectivity index (χ1) is 9.65. The number of hydrogen-bond donors (Lipinski definition) is 1. The number of halogens is 2. The maximum atomic E-state index is 6.14. The molecular formula is C13H9Br2N3OS. The van der Waals surface area contributed by atoms with E-state index >= 15 is 0 Å². The van der Waals surface area contributed by atoms with Crippen molar-refractivity contribution < 1.29 is 4.42 Å². The summed E-state index contributed by atoms with van der Waals surface area (Å²) in [5.74, 6) is 0.862. The van der Waals surface area contributed by atoms with Crippen molar-refractivity contribution in [1.82, 2.24) is 10.2 Å². The molecule has 0 aliphatic rings. The van der Waals surface area contributed by atoms with Gasteiger partial charge < -0.3 is 10.2 Å². The maximum absolute atomic E-state index is 6.14. The molecular weight excluding hydrogens is 406 g/mol. The molecule has 0 aliphatic carbocycles. The van der Waals surface area contributed by atoms with Crippen molar-refractivity contribution in [1.29, 1.82) is 0 Å². The van der Waals surface area contributed by atoms with Crippen molar-refractivity contribution >= 4 is 43.2 Å². The van der Waals surface area contributed by atoms with Crippen molar-refractivity contribution in [3.63, 3.8) is 0 Å². The molecule has 1 atom stereocenters. The molecule has 4 nitrogen and oxygen atoms in total. The zero-order valence-electron chi connectivity index (χ0n) is 10.1. The summed E-state index contributed by atoms with van der Waals surface area (Å²) in [6.07, 6.45) is 0. The molecule has 1 unspecified atom stereocenters. The Morgan fingerprint density at radius 2 is 1.90 bits per heavy atom. The van der Waals surface area contributed by atoms with E-state index in [0.717, 1.165) is 18.7 Å². The molecule has 0 radical (unpaired) electrons. The Kier molecular flexibility index (Phi) is 4.02. The van der Waals surface area contributed by atoms with Crippen LogP contribution < -0.4 is 5.73 Å². The molecule has 7 heteroatoms. The number of benzene rings is 1. The van der Waals surface area contributed by atoms with E-state index in [1.165, 1.54) is 0 Å². The molecule has 2 N–H and O–H groups in total. The molecule has 0 amide bonds. The number of nitrogens with zero attached hydrogens (tertiary/aromatic N) is 2. The van der Waals surface area contributed by atoms with Crippen molar-refractivity contribution in [3.05, 3.63) is 55.4 Å². The van der Waals surface area contributed by atoms with Crippen LogP contribution in [0.25, 0.3) is 11.5 Å². The normalized spacial score (nSPS) is 12.6. The molecule has 0 fully saturated rings. The summed E-state index contributed by atoms with van der Waals surface area (Å²) in [6.45, 7) is 0. The quantitative estimate of drug-likeness (QED) is 0.690. The SMILES string of the molecule is NC(c1ccccc1)c1nnc(-c2cc(Br)sc2Br)o1. The number of aromatic nitrogens is 2. The van der Waals surface area contributed by atoms with E-state index < -0.39 is 6.04 Å². The maximum Gasteiger partial charge on any atom is 0.249 e. The Bertz CT molecular complexity index is 726. The predicted molar refractivity (Wildman–Crippen MR) is 85.5 cm³/mol. The van der Waals surface area contributed by atoms with Crippen LogP contribution in [0.5, 0.6) is 0 Å². The monoisotopic (exact) mass is 413 g/mol. The van der Waals surface area contributed by atoms with Gasteiger partial charge in [0.1, 0.15) is 6.04 Å². The van der Waals surface area contributed by atoms with E-state index in [0.29, 0.717) is 11.8 Å². The number of nitrogens with two attached hydrogens (primary N) is 1. The van der Waals surface area contributed by atoms with Crippen LogP contribution >= 0.6 is 43.2 Å². The lowest BCUT2D eigenvalue weighted by Crippen LogP contribution is -2.11. The third-order valence-corrected chi connectivity index (χ3v) is 5.09. The van der Waals surface area contributed by atoms with Crippen LogP contribution in [-0.2, 0) is 0 Å². The van der Waals surface area contributed by atoms with Gasteiger partial charge in [-0.2, -0.15) is 0 Å². The van der Waals surface area contributed by atoms with Gasteiger partial charge in [0.05, 0.1) is 13.1 Å². The number of rotatable bonds is 3. The van der Waals surface area contributed by atoms with Crippen LogP contribution in [0.2, 0.25) is 0 Å². The molecule has 0 aliphatic heterocycles. The van der Waals surface area contributed by atoms with Crippen LogP contribution in [0.1, 0.15) is 17.5 Å². The second-order valence-corrected chi connectivity index (χ2v) is 7.82. The van der Waals surface area contributed by atoms with Crippen molar-refractivity contribution in [2.24, 2.45) is 5.73 Å². The third kappa shape index (κ3) is 2.71. The van der Waals surface area contributed by atoms with Gasteiger partial charge in [0.2, 0.25) is 11.8 Å². The summed E-state index contributed by atoms with van der Waals surface area (Å²) in [5, 5.41) is 8.11. The zero-order chi connectivity index (χ0) is 14.1. The fraction of sp³-hybridized carbons (Fsp3) is 0.0769. The molecule has 2 aromatic heterocycles. The van der Waals surface area contributed by atoms with Crippen molar-refractivity contribution in [2.75, 3.05) is 0 Å². The molecule has 2 heterocycles. The fourth-order valence-corrected chi connectivity index (χ4v) is 4.54. The van der Waals surface area contributed by atoms with E-state index in [1.54, 1.807) is 11.3 Å². The second kappa shape index (κ2) is 5.77. The number of hydrogen-bond acceptors (Lipinski definition) is 5. The summed E-state index contributed by atoms with van der Waals surface area (Å²) in [5.41, 5.74) is 7.94. The Morgan fingerprint density at radius 1 is 1.15 bits per heavy atom. The van der Waals surface area contributed by atoms with Gasteiger partial charge in [-0.3, -0.25) is 0 Å². The van der Waals surface area contributed by atoms with Gasteiger partial charge in [0.25, 0.3) is 0 Å². The first-order valence-corrected chi connectivity index (χ1v) is 8.14. The Hall–Kier alpha value is -1.02. The molecule has 1 aromatic carbocycles. The standard InChI is InChI=1S/C13H9Br2N3OS/c14-9-6-8(11(15)20-9)12-17-18-13(19-12)10(16)7-4-2-1-3-5-7/h1-6,10H,16H2. The van der Waals surface area contributed by atoms with Crippen LogP contribution in [0.15, 0.2) is 48.4 Å². The summed E-state index contributed by atoms with van der Waals surface area (Å²) >= 11 is 8.45. The van der Waals surface area contributed by atoms with Crippen LogP contribution in [0.4, 0.5) is 0 Å². The summed E-state index contributed by atoms with van der Waals surface area (Å²) < 4.78 is 7.62. The smallest absolute Gasteiger partial charge is 0.249 e. The highest BCUT2D eigenvalue weighted by Crippen LogP contribution is 2.38. The van der Waals surface area contributed by atoms with Crippen LogP contribution in [0.3, 0.4) is 0 Å². The third-order valence-electron chi connectivity index (χ3n) is 2.75. The van der Waals surface area contributed by atoms with Gasteiger partial charge in [0, 0.05) is 0 Å². The highest BCUT2D eigenvalue weighted by atomic mass is 79.9. The Morgan fingerprint density at radius 3 is 2.55 bits per heavy atom. The van der Waals surface area contributed by atoms with E-state index in [9.17, 15) is 0 Å². The molecule has 102 valence electrons. The minimum atomic E-state index is -0.418. The van der Waals surface area contributed by atoms with E-state index in [-0.39, 0.29) is 0 Å². The lowest BCUT2D eigenvalue weighted by Gasteiger charge is -2.06. The summed E-state index contributed by atoms with van der Waals surface area (Å²) in [7, 11) is 0. The molecule has 3 rings (SSSR count). The van der Waals surface area contributed by atoms with Gasteiger partial charge in [0.15, 0.2) is 0 Å². The minimum absolute atomic E-state index is 0.403. The predicted octanol–water partition coefficient (Wildman–Crippen LogP) is 4.37. The highest BCUT2D eigenvalue weighted by molar-refractivity contribution is 9.12. The van der Waals surface area contributed by atoms with Crippen LogP contribution in [-0.4, -0.2) is 10.2 Å². The molecule has 0 saturated carbocycles. The summed E-state index contributed by atoms with van der Waals surface area (Å²) in [6, 6.07) is 11.2. The average molecular weight is 415 g/mol. The van der Waals surface area contributed by atoms with Gasteiger partial charge in [-0.05, 0) is 43.5 Å². The minimum Gasteiger partial charge on any atom is -0.419 e. The molecule has 3 aromatic rings. The van der Waals surface area contributed by atoms with Crippen molar-refractivity contribution in [3.8, 4) is 11.5 Å². The first-order valence-electron chi connectivity index (χ1n) is 5.74. The molecule has 20 heavy (non-hydrogen) atoms. The van der Waals surface area contributed by atoms with Gasteiger partial charge in [-0.25, -0.2) is 0 Å².